The van der Waals surface area contributed by atoms with Gasteiger partial charge in [-0.1, -0.05) is 39.5 Å². The van der Waals surface area contributed by atoms with Gasteiger partial charge in [0.15, 0.2) is 6.73 Å². The summed E-state index contributed by atoms with van der Waals surface area (Å²) in [5.74, 6) is -6.41. The second-order valence-electron chi connectivity index (χ2n) is 11.6. The summed E-state index contributed by atoms with van der Waals surface area (Å²) >= 11 is 0. The number of likely N-dealkylation sites (tertiary alicyclic amines) is 1. The van der Waals surface area contributed by atoms with Crippen molar-refractivity contribution in [1.29, 1.82) is 0 Å². The van der Waals surface area contributed by atoms with E-state index < -0.39 is 47.4 Å². The van der Waals surface area contributed by atoms with Crippen molar-refractivity contribution in [2.45, 2.75) is 71.0 Å². The van der Waals surface area contributed by atoms with Crippen LogP contribution in [-0.2, 0) is 38.0 Å². The second-order valence-corrected chi connectivity index (χ2v) is 11.6. The van der Waals surface area contributed by atoms with Gasteiger partial charge in [-0.15, -0.1) is 0 Å². The van der Waals surface area contributed by atoms with Crippen molar-refractivity contribution in [2.24, 2.45) is 5.92 Å². The van der Waals surface area contributed by atoms with Crippen LogP contribution in [0.1, 0.15) is 67.1 Å². The van der Waals surface area contributed by atoms with Crippen LogP contribution < -0.4 is 0 Å². The van der Waals surface area contributed by atoms with E-state index in [1.54, 1.807) is 18.2 Å². The van der Waals surface area contributed by atoms with Gasteiger partial charge in [-0.05, 0) is 73.8 Å². The van der Waals surface area contributed by atoms with Crippen LogP contribution in [0.4, 0.5) is 13.2 Å². The number of likely N-dealkylation sites (N-methyl/N-ethyl adjacent to an activating group) is 1. The highest BCUT2D eigenvalue weighted by molar-refractivity contribution is 6.05. The Bertz CT molecular complexity index is 1440. The Morgan fingerprint density at radius 3 is 2.45 bits per heavy atom. The van der Waals surface area contributed by atoms with Crippen LogP contribution in [0.15, 0.2) is 54.8 Å². The third-order valence-corrected chi connectivity index (χ3v) is 8.37. The average molecular weight is 614 g/mol. The summed E-state index contributed by atoms with van der Waals surface area (Å²) in [6.45, 7) is 10.7. The summed E-state index contributed by atoms with van der Waals surface area (Å²) in [6.07, 6.45) is -0.226. The molecule has 2 unspecified atom stereocenters. The number of halogens is 3. The minimum Gasteiger partial charge on any atom is -0.476 e. The molecular formula is C33H38F3N3O5. The summed E-state index contributed by atoms with van der Waals surface area (Å²) in [4.78, 5) is 56.4. The molecule has 2 heterocycles. The van der Waals surface area contributed by atoms with Crippen molar-refractivity contribution >= 4 is 23.5 Å². The highest BCUT2D eigenvalue weighted by Crippen LogP contribution is 2.33. The molecule has 2 atom stereocenters. The molecule has 1 saturated heterocycles. The van der Waals surface area contributed by atoms with Crippen LogP contribution in [0.25, 0.3) is 0 Å². The molecule has 0 spiro atoms. The van der Waals surface area contributed by atoms with E-state index in [0.29, 0.717) is 22.4 Å². The Kier molecular flexibility index (Phi) is 9.98. The highest BCUT2D eigenvalue weighted by Gasteiger charge is 2.43. The van der Waals surface area contributed by atoms with Crippen LogP contribution >= 0.6 is 0 Å². The third kappa shape index (κ3) is 6.72. The number of carbonyl (C=O) groups excluding carboxylic acids is 4. The molecule has 2 aromatic rings. The first-order valence-electron chi connectivity index (χ1n) is 14.7. The van der Waals surface area contributed by atoms with Crippen LogP contribution in [0.5, 0.6) is 0 Å². The number of imide groups is 1. The molecule has 0 aromatic heterocycles. The Morgan fingerprint density at radius 1 is 1.14 bits per heavy atom. The van der Waals surface area contributed by atoms with Crippen molar-refractivity contribution in [3.05, 3.63) is 82.9 Å². The smallest absolute Gasteiger partial charge is 0.330 e. The predicted molar refractivity (Wildman–Crippen MR) is 157 cm³/mol. The number of nitrogens with zero attached hydrogens (tertiary/aromatic N) is 3. The first-order chi connectivity index (χ1) is 20.8. The molecule has 2 aliphatic rings. The lowest BCUT2D eigenvalue weighted by molar-refractivity contribution is -0.157. The largest absolute Gasteiger partial charge is 0.476 e. The number of hydrogen-bond acceptors (Lipinski definition) is 6. The number of hydrogen-bond donors (Lipinski definition) is 0. The molecule has 3 amide bonds. The lowest BCUT2D eigenvalue weighted by Gasteiger charge is -2.36. The molecular weight excluding hydrogens is 575 g/mol. The standard InChI is InChI=1S/C33H38F3N3O5/c1-6-37(5)30(20(2)3)21(4)44-19-39-29(41)16-14-27(32(39)43)38-18-23-17-22(7-13-26(23)31(38)42)8-15-28(40)33(35,36)24-9-11-25(34)12-10-24/h7,9-13,17,20,27,30H,4,6,8,14-16,18-19H2,1-3,5H3. The van der Waals surface area contributed by atoms with Crippen LogP contribution in [0.2, 0.25) is 0 Å². The van der Waals surface area contributed by atoms with Gasteiger partial charge in [-0.25, -0.2) is 9.29 Å². The summed E-state index contributed by atoms with van der Waals surface area (Å²) in [5, 5.41) is 0. The normalized spacial score (nSPS) is 17.8. The molecule has 2 aliphatic heterocycles. The van der Waals surface area contributed by atoms with Crippen molar-refractivity contribution in [3.63, 3.8) is 0 Å². The number of Topliss-reactive ketones (excluding diaryl/α,β-unsaturated/α-hetero) is 1. The Hall–Kier alpha value is -3.99. The van der Waals surface area contributed by atoms with Crippen molar-refractivity contribution in [2.75, 3.05) is 20.3 Å². The average Bonchev–Trinajstić information content (AvgIpc) is 3.30. The molecule has 1 fully saturated rings. The fraction of sp³-hybridized carbons (Fsp3) is 0.455. The molecule has 44 heavy (non-hydrogen) atoms. The van der Waals surface area contributed by atoms with E-state index >= 15 is 0 Å². The molecule has 0 saturated carbocycles. The zero-order valence-electron chi connectivity index (χ0n) is 25.4. The van der Waals surface area contributed by atoms with Crippen molar-refractivity contribution < 1.29 is 37.1 Å². The number of fused-ring (bicyclic) bond motifs is 1. The number of aryl methyl sites for hydroxylation is 1. The maximum atomic E-state index is 14.6. The monoisotopic (exact) mass is 613 g/mol. The number of alkyl halides is 2. The Labute approximate surface area is 255 Å². The van der Waals surface area contributed by atoms with Gasteiger partial charge < -0.3 is 9.64 Å². The summed E-state index contributed by atoms with van der Waals surface area (Å²) < 4.78 is 48.2. The van der Waals surface area contributed by atoms with Crippen molar-refractivity contribution in [1.82, 2.24) is 14.7 Å². The number of benzene rings is 2. The number of rotatable bonds is 13. The maximum Gasteiger partial charge on any atom is 0.330 e. The fourth-order valence-electron chi connectivity index (χ4n) is 5.84. The van der Waals surface area contributed by atoms with E-state index in [2.05, 4.69) is 11.5 Å². The zero-order valence-corrected chi connectivity index (χ0v) is 25.4. The van der Waals surface area contributed by atoms with E-state index in [9.17, 15) is 32.3 Å². The topological polar surface area (TPSA) is 87.2 Å². The number of ketones is 1. The van der Waals surface area contributed by atoms with Crippen LogP contribution in [0, 0.1) is 11.7 Å². The minimum atomic E-state index is -3.76. The van der Waals surface area contributed by atoms with E-state index in [0.717, 1.165) is 35.7 Å². The van der Waals surface area contributed by atoms with Crippen molar-refractivity contribution in [3.8, 4) is 0 Å². The third-order valence-electron chi connectivity index (χ3n) is 8.37. The highest BCUT2D eigenvalue weighted by atomic mass is 19.3. The Morgan fingerprint density at radius 2 is 1.82 bits per heavy atom. The maximum absolute atomic E-state index is 14.6. The molecule has 2 aromatic carbocycles. The summed E-state index contributed by atoms with van der Waals surface area (Å²) in [5.41, 5.74) is 0.983. The molecule has 11 heteroatoms. The van der Waals surface area contributed by atoms with Gasteiger partial charge in [0, 0.05) is 30.5 Å². The van der Waals surface area contributed by atoms with Gasteiger partial charge in [0.05, 0.1) is 6.04 Å². The summed E-state index contributed by atoms with van der Waals surface area (Å²) in [7, 11) is 1.94. The molecule has 8 nitrogen and oxygen atoms in total. The number of carbonyl (C=O) groups is 4. The first-order valence-corrected chi connectivity index (χ1v) is 14.7. The molecule has 0 bridgehead atoms. The molecule has 236 valence electrons. The van der Waals surface area contributed by atoms with Crippen LogP contribution in [0.3, 0.4) is 0 Å². The number of amides is 3. The molecule has 0 aliphatic carbocycles. The number of piperidine rings is 1. The molecule has 4 rings (SSSR count). The van der Waals surface area contributed by atoms with Gasteiger partial charge >= 0.3 is 5.92 Å². The van der Waals surface area contributed by atoms with Gasteiger partial charge in [0.2, 0.25) is 11.7 Å². The lowest BCUT2D eigenvalue weighted by Crippen LogP contribution is -2.55. The SMILES string of the molecule is C=C(OCN1C(=O)CCC(N2Cc3cc(CCC(=O)C(F)(F)c4ccc(F)cc4)ccc3C2=O)C1=O)C(C(C)C)N(C)CC. The lowest BCUT2D eigenvalue weighted by atomic mass is 9.97. The van der Waals surface area contributed by atoms with Gasteiger partial charge in [-0.3, -0.25) is 24.1 Å². The predicted octanol–water partition coefficient (Wildman–Crippen LogP) is 5.06. The second kappa shape index (κ2) is 13.3. The molecule has 0 N–H and O–H groups in total. The van der Waals surface area contributed by atoms with Gasteiger partial charge in [0.25, 0.3) is 11.8 Å². The van der Waals surface area contributed by atoms with Gasteiger partial charge in [0.1, 0.15) is 17.6 Å². The first kappa shape index (κ1) is 32.9. The zero-order chi connectivity index (χ0) is 32.3. The fourth-order valence-corrected chi connectivity index (χ4v) is 5.84. The Balaban J connectivity index is 1.40. The molecule has 0 radical (unpaired) electrons. The van der Waals surface area contributed by atoms with E-state index in [4.69, 9.17) is 4.74 Å². The minimum absolute atomic E-state index is 0.00748. The van der Waals surface area contributed by atoms with Gasteiger partial charge in [-0.2, -0.15) is 8.78 Å². The van der Waals surface area contributed by atoms with Crippen LogP contribution in [-0.4, -0.2) is 70.6 Å². The van der Waals surface area contributed by atoms with E-state index in [1.165, 1.54) is 4.90 Å². The van der Waals surface area contributed by atoms with E-state index in [1.807, 2.05) is 27.8 Å². The quantitative estimate of drug-likeness (QED) is 0.232. The number of ether oxygens (including phenoxy) is 1. The summed E-state index contributed by atoms with van der Waals surface area (Å²) in [6, 6.07) is 7.39. The van der Waals surface area contributed by atoms with E-state index in [-0.39, 0.29) is 50.4 Å².